The minimum atomic E-state index is -0.310. The van der Waals surface area contributed by atoms with Crippen molar-refractivity contribution in [3.63, 3.8) is 0 Å². The average Bonchev–Trinajstić information content (AvgIpc) is 2.69. The highest BCUT2D eigenvalue weighted by molar-refractivity contribution is 5.75. The van der Waals surface area contributed by atoms with Gasteiger partial charge in [-0.3, -0.25) is 4.98 Å². The van der Waals surface area contributed by atoms with Gasteiger partial charge in [-0.25, -0.2) is 9.37 Å². The standard InChI is InChI=1S/C18H21FN6/c19-17-13(1-2-14-18(17)23-6-5-22-14)11-24-15-12-21-4-3-16(15)25-9-7-20-8-10-25/h1-3,5-6,12,20-21,24H,4,7-11H2. The van der Waals surface area contributed by atoms with Crippen molar-refractivity contribution < 1.29 is 4.39 Å². The van der Waals surface area contributed by atoms with Gasteiger partial charge in [0.05, 0.1) is 16.9 Å². The fourth-order valence-corrected chi connectivity index (χ4v) is 3.22. The summed E-state index contributed by atoms with van der Waals surface area (Å²) >= 11 is 0. The van der Waals surface area contributed by atoms with Crippen molar-refractivity contribution >= 4 is 11.0 Å². The first-order chi connectivity index (χ1) is 12.3. The van der Waals surface area contributed by atoms with Gasteiger partial charge >= 0.3 is 0 Å². The van der Waals surface area contributed by atoms with Gasteiger partial charge in [-0.1, -0.05) is 6.07 Å². The largest absolute Gasteiger partial charge is 0.386 e. The molecule has 2 aliphatic heterocycles. The van der Waals surface area contributed by atoms with Crippen LogP contribution in [0.5, 0.6) is 0 Å². The van der Waals surface area contributed by atoms with E-state index < -0.39 is 0 Å². The molecule has 25 heavy (non-hydrogen) atoms. The maximum atomic E-state index is 14.7. The SMILES string of the molecule is Fc1c(CNC2=CNCC=C2N2CCNCC2)ccc2nccnc12. The molecule has 4 rings (SSSR count). The number of hydrogen-bond acceptors (Lipinski definition) is 6. The molecule has 0 unspecified atom stereocenters. The summed E-state index contributed by atoms with van der Waals surface area (Å²) in [6.07, 6.45) is 7.23. The third-order valence-electron chi connectivity index (χ3n) is 4.52. The molecule has 1 fully saturated rings. The molecule has 7 heteroatoms. The number of aromatic nitrogens is 2. The Bertz CT molecular complexity index is 825. The van der Waals surface area contributed by atoms with E-state index in [9.17, 15) is 4.39 Å². The fourth-order valence-electron chi connectivity index (χ4n) is 3.22. The van der Waals surface area contributed by atoms with Crippen LogP contribution in [-0.2, 0) is 6.54 Å². The van der Waals surface area contributed by atoms with Crippen molar-refractivity contribution in [2.75, 3.05) is 32.7 Å². The van der Waals surface area contributed by atoms with E-state index in [4.69, 9.17) is 0 Å². The van der Waals surface area contributed by atoms with Crippen molar-refractivity contribution in [2.45, 2.75) is 6.54 Å². The zero-order valence-corrected chi connectivity index (χ0v) is 13.9. The van der Waals surface area contributed by atoms with Gasteiger partial charge in [-0.2, -0.15) is 0 Å². The van der Waals surface area contributed by atoms with Crippen LogP contribution in [-0.4, -0.2) is 47.6 Å². The average molecular weight is 340 g/mol. The van der Waals surface area contributed by atoms with Crippen molar-refractivity contribution in [3.8, 4) is 0 Å². The number of rotatable bonds is 4. The highest BCUT2D eigenvalue weighted by Crippen LogP contribution is 2.20. The molecule has 0 bridgehead atoms. The highest BCUT2D eigenvalue weighted by atomic mass is 19.1. The number of dihydropyridines is 1. The summed E-state index contributed by atoms with van der Waals surface area (Å²) in [4.78, 5) is 10.6. The van der Waals surface area contributed by atoms with E-state index in [0.717, 1.165) is 38.4 Å². The fraction of sp³-hybridized carbons (Fsp3) is 0.333. The summed E-state index contributed by atoms with van der Waals surface area (Å²) in [5, 5.41) is 9.96. The quantitative estimate of drug-likeness (QED) is 0.774. The second kappa shape index (κ2) is 7.06. The molecule has 0 atom stereocenters. The van der Waals surface area contributed by atoms with Crippen molar-refractivity contribution in [1.29, 1.82) is 0 Å². The topological polar surface area (TPSA) is 65.1 Å². The minimum Gasteiger partial charge on any atom is -0.386 e. The number of nitrogens with one attached hydrogen (secondary N) is 3. The molecule has 1 aromatic heterocycles. The number of halogens is 1. The van der Waals surface area contributed by atoms with E-state index in [1.807, 2.05) is 12.3 Å². The van der Waals surface area contributed by atoms with Crippen LogP contribution in [0.15, 0.2) is 48.2 Å². The van der Waals surface area contributed by atoms with E-state index in [2.05, 4.69) is 36.9 Å². The van der Waals surface area contributed by atoms with Crippen molar-refractivity contribution in [3.05, 3.63) is 59.6 Å². The van der Waals surface area contributed by atoms with Gasteiger partial charge in [0, 0.05) is 63.4 Å². The van der Waals surface area contributed by atoms with Gasteiger partial charge in [0.2, 0.25) is 0 Å². The van der Waals surface area contributed by atoms with E-state index >= 15 is 0 Å². The van der Waals surface area contributed by atoms with Gasteiger partial charge in [0.25, 0.3) is 0 Å². The monoisotopic (exact) mass is 340 g/mol. The Morgan fingerprint density at radius 2 is 2.00 bits per heavy atom. The van der Waals surface area contributed by atoms with Gasteiger partial charge in [-0.15, -0.1) is 0 Å². The lowest BCUT2D eigenvalue weighted by Gasteiger charge is -2.34. The van der Waals surface area contributed by atoms with Crippen LogP contribution in [0, 0.1) is 5.82 Å². The molecule has 0 aliphatic carbocycles. The summed E-state index contributed by atoms with van der Waals surface area (Å²) < 4.78 is 14.7. The van der Waals surface area contributed by atoms with Gasteiger partial charge in [-0.05, 0) is 12.1 Å². The molecule has 1 saturated heterocycles. The molecule has 2 aromatic rings. The number of nitrogens with zero attached hydrogens (tertiary/aromatic N) is 3. The Labute approximate surface area is 145 Å². The van der Waals surface area contributed by atoms with E-state index in [-0.39, 0.29) is 5.82 Å². The van der Waals surface area contributed by atoms with Crippen LogP contribution in [0.4, 0.5) is 4.39 Å². The molecule has 0 amide bonds. The molecule has 0 saturated carbocycles. The van der Waals surface area contributed by atoms with Gasteiger partial charge in [0.15, 0.2) is 5.82 Å². The number of hydrogen-bond donors (Lipinski definition) is 3. The third-order valence-corrected chi connectivity index (χ3v) is 4.52. The van der Waals surface area contributed by atoms with Crippen LogP contribution in [0.2, 0.25) is 0 Å². The summed E-state index contributed by atoms with van der Waals surface area (Å²) in [7, 11) is 0. The Kier molecular flexibility index (Phi) is 4.47. The molecule has 3 N–H and O–H groups in total. The van der Waals surface area contributed by atoms with Crippen molar-refractivity contribution in [2.24, 2.45) is 0 Å². The Hall–Kier alpha value is -2.67. The lowest BCUT2D eigenvalue weighted by molar-refractivity contribution is 0.298. The molecular weight excluding hydrogens is 319 g/mol. The lowest BCUT2D eigenvalue weighted by Crippen LogP contribution is -2.45. The maximum Gasteiger partial charge on any atom is 0.155 e. The van der Waals surface area contributed by atoms with Crippen molar-refractivity contribution in [1.82, 2.24) is 30.8 Å². The second-order valence-electron chi connectivity index (χ2n) is 6.11. The number of fused-ring (bicyclic) bond motifs is 1. The lowest BCUT2D eigenvalue weighted by atomic mass is 10.1. The normalized spacial score (nSPS) is 17.7. The molecule has 2 aliphatic rings. The summed E-state index contributed by atoms with van der Waals surface area (Å²) in [6.45, 7) is 5.13. The molecule has 0 radical (unpaired) electrons. The van der Waals surface area contributed by atoms with Crippen LogP contribution < -0.4 is 16.0 Å². The molecule has 1 aromatic carbocycles. The van der Waals surface area contributed by atoms with E-state index in [0.29, 0.717) is 23.1 Å². The number of benzene rings is 1. The summed E-state index contributed by atoms with van der Waals surface area (Å²) in [6, 6.07) is 3.58. The zero-order valence-electron chi connectivity index (χ0n) is 13.9. The summed E-state index contributed by atoms with van der Waals surface area (Å²) in [5.74, 6) is -0.310. The predicted molar refractivity (Wildman–Crippen MR) is 94.9 cm³/mol. The zero-order chi connectivity index (χ0) is 17.1. The number of piperazine rings is 1. The van der Waals surface area contributed by atoms with Crippen LogP contribution in [0.1, 0.15) is 5.56 Å². The van der Waals surface area contributed by atoms with Crippen LogP contribution >= 0.6 is 0 Å². The summed E-state index contributed by atoms with van der Waals surface area (Å²) in [5.41, 5.74) is 3.64. The molecule has 3 heterocycles. The molecular formula is C18H21FN6. The molecule has 0 spiro atoms. The Balaban J connectivity index is 1.51. The van der Waals surface area contributed by atoms with Gasteiger partial charge in [0.1, 0.15) is 5.52 Å². The molecule has 130 valence electrons. The van der Waals surface area contributed by atoms with Gasteiger partial charge < -0.3 is 20.9 Å². The first-order valence-electron chi connectivity index (χ1n) is 8.54. The van der Waals surface area contributed by atoms with E-state index in [1.54, 1.807) is 12.3 Å². The predicted octanol–water partition coefficient (Wildman–Crippen LogP) is 1.09. The minimum absolute atomic E-state index is 0.310. The Morgan fingerprint density at radius 3 is 2.88 bits per heavy atom. The van der Waals surface area contributed by atoms with E-state index in [1.165, 1.54) is 11.9 Å². The Morgan fingerprint density at radius 1 is 1.16 bits per heavy atom. The molecule has 6 nitrogen and oxygen atoms in total. The second-order valence-corrected chi connectivity index (χ2v) is 6.11. The maximum absolute atomic E-state index is 14.7. The van der Waals surface area contributed by atoms with Crippen LogP contribution in [0.25, 0.3) is 11.0 Å². The first kappa shape index (κ1) is 15.8. The third kappa shape index (κ3) is 3.28. The smallest absolute Gasteiger partial charge is 0.155 e. The highest BCUT2D eigenvalue weighted by Gasteiger charge is 2.19. The first-order valence-corrected chi connectivity index (χ1v) is 8.54. The van der Waals surface area contributed by atoms with Crippen LogP contribution in [0.3, 0.4) is 0 Å².